The van der Waals surface area contributed by atoms with Crippen molar-refractivity contribution >= 4 is 55.4 Å². The van der Waals surface area contributed by atoms with Crippen molar-refractivity contribution in [3.8, 4) is 5.88 Å². The molecule has 7 aliphatic rings. The van der Waals surface area contributed by atoms with Crippen LogP contribution in [0.3, 0.4) is 0 Å². The summed E-state index contributed by atoms with van der Waals surface area (Å²) in [6.07, 6.45) is 8.90. The molecule has 1 amide bonds. The van der Waals surface area contributed by atoms with Crippen molar-refractivity contribution in [3.05, 3.63) is 106 Å². The number of anilines is 4. The topological polar surface area (TPSA) is 214 Å². The minimum atomic E-state index is -4.63. The highest BCUT2D eigenvalue weighted by Gasteiger charge is 2.56. The van der Waals surface area contributed by atoms with Gasteiger partial charge < -0.3 is 44.2 Å². The van der Waals surface area contributed by atoms with Crippen LogP contribution in [-0.4, -0.2) is 122 Å². The molecule has 5 aromatic rings. The number of nitrogens with zero attached hydrogens (tertiary/aromatic N) is 5. The third-order valence-electron chi connectivity index (χ3n) is 17.6. The van der Waals surface area contributed by atoms with Crippen LogP contribution >= 0.6 is 0 Å². The molecule has 3 atom stereocenters. The Labute approximate surface area is 431 Å². The van der Waals surface area contributed by atoms with E-state index in [1.165, 1.54) is 23.3 Å². The van der Waals surface area contributed by atoms with Gasteiger partial charge in [0.25, 0.3) is 21.6 Å². The van der Waals surface area contributed by atoms with Crippen LogP contribution in [0, 0.1) is 21.4 Å². The number of benzene rings is 3. The summed E-state index contributed by atoms with van der Waals surface area (Å²) in [6, 6.07) is 21.9. The molecular formula is C55H66N8O10S. The highest BCUT2D eigenvalue weighted by atomic mass is 32.2. The van der Waals surface area contributed by atoms with Crippen molar-refractivity contribution in [2.75, 3.05) is 74.3 Å². The van der Waals surface area contributed by atoms with Crippen molar-refractivity contribution in [1.82, 2.24) is 19.6 Å². The maximum atomic E-state index is 14.8. The summed E-state index contributed by atoms with van der Waals surface area (Å²) in [6.45, 7) is 11.7. The Morgan fingerprint density at radius 3 is 2.47 bits per heavy atom. The first-order chi connectivity index (χ1) is 35.5. The van der Waals surface area contributed by atoms with Crippen molar-refractivity contribution in [2.45, 2.75) is 118 Å². The fraction of sp³-hybridized carbons (Fsp3) is 0.527. The molecular weight excluding hydrogens is 965 g/mol. The zero-order valence-corrected chi connectivity index (χ0v) is 43.1. The number of fused-ring (bicyclic) bond motifs is 5. The molecule has 0 unspecified atom stereocenters. The number of amides is 1. The number of pyridine rings is 1. The molecule has 392 valence electrons. The normalized spacial score (nSPS) is 28.4. The number of sulfonamides is 1. The number of nitro groups is 1. The molecule has 74 heavy (non-hydrogen) atoms. The van der Waals surface area contributed by atoms with E-state index in [1.54, 1.807) is 12.3 Å². The Bertz CT molecular complexity index is 3100. The molecule has 19 heteroatoms. The quantitative estimate of drug-likeness (QED) is 0.0774. The number of rotatable bonds is 10. The van der Waals surface area contributed by atoms with Gasteiger partial charge in [-0.25, -0.2) is 13.1 Å². The van der Waals surface area contributed by atoms with Gasteiger partial charge in [0.15, 0.2) is 0 Å². The minimum absolute atomic E-state index is 0.107. The Kier molecular flexibility index (Phi) is 12.3. The number of aromatic amines is 1. The van der Waals surface area contributed by atoms with Gasteiger partial charge in [-0.15, -0.1) is 0 Å². The summed E-state index contributed by atoms with van der Waals surface area (Å²) >= 11 is 0. The van der Waals surface area contributed by atoms with Crippen molar-refractivity contribution in [3.63, 3.8) is 0 Å². The first kappa shape index (κ1) is 49.1. The molecule has 3 saturated heterocycles. The minimum Gasteiger partial charge on any atom is -0.468 e. The smallest absolute Gasteiger partial charge is 0.293 e. The van der Waals surface area contributed by atoms with Crippen LogP contribution < -0.4 is 24.6 Å². The monoisotopic (exact) mass is 1030 g/mol. The van der Waals surface area contributed by atoms with Crippen molar-refractivity contribution in [2.24, 2.45) is 11.3 Å². The van der Waals surface area contributed by atoms with Gasteiger partial charge in [-0.2, -0.15) is 4.98 Å². The Hall–Kier alpha value is -5.83. The number of aromatic nitrogens is 2. The van der Waals surface area contributed by atoms with Crippen LogP contribution in [0.25, 0.3) is 11.0 Å². The summed E-state index contributed by atoms with van der Waals surface area (Å²) in [5.74, 6) is -0.329. The first-order valence-electron chi connectivity index (χ1n) is 26.3. The molecule has 7 heterocycles. The van der Waals surface area contributed by atoms with Crippen LogP contribution in [-0.2, 0) is 35.4 Å². The summed E-state index contributed by atoms with van der Waals surface area (Å²) in [4.78, 5) is 41.3. The van der Waals surface area contributed by atoms with Gasteiger partial charge in [-0.1, -0.05) is 24.3 Å². The molecule has 0 radical (unpaired) electrons. The molecule has 3 aromatic carbocycles. The zero-order valence-electron chi connectivity index (χ0n) is 42.3. The number of nitrogens with one attached hydrogen (secondary N) is 3. The second-order valence-corrected chi connectivity index (χ2v) is 24.4. The number of nitro benzene ring substituents is 1. The third-order valence-corrected chi connectivity index (χ3v) is 19.0. The van der Waals surface area contributed by atoms with E-state index in [9.17, 15) is 28.4 Å². The third kappa shape index (κ3) is 8.75. The summed E-state index contributed by atoms with van der Waals surface area (Å²) in [7, 11) is -4.63. The number of ether oxygens (including phenoxy) is 4. The molecule has 2 saturated carbocycles. The fourth-order valence-electron chi connectivity index (χ4n) is 13.3. The Balaban J connectivity index is 0.820. The van der Waals surface area contributed by atoms with E-state index >= 15 is 0 Å². The van der Waals surface area contributed by atoms with Gasteiger partial charge in [0, 0.05) is 62.2 Å². The average Bonchev–Trinajstić information content (AvgIpc) is 3.85. The van der Waals surface area contributed by atoms with E-state index in [1.807, 2.05) is 31.2 Å². The maximum absolute atomic E-state index is 14.8. The second kappa shape index (κ2) is 18.5. The number of aliphatic hydroxyl groups is 1. The largest absolute Gasteiger partial charge is 0.468 e. The van der Waals surface area contributed by atoms with E-state index in [0.29, 0.717) is 87.8 Å². The van der Waals surface area contributed by atoms with Gasteiger partial charge in [-0.3, -0.25) is 19.8 Å². The molecule has 2 spiro atoms. The number of morpholine rings is 1. The van der Waals surface area contributed by atoms with Gasteiger partial charge in [0.05, 0.1) is 70.3 Å². The van der Waals surface area contributed by atoms with Gasteiger partial charge in [0.1, 0.15) is 23.1 Å². The first-order valence-corrected chi connectivity index (χ1v) is 27.8. The number of carbonyl (C=O) groups excluding carboxylic acids is 1. The number of hydrogen-bond donors (Lipinski definition) is 4. The number of piperidine rings is 1. The lowest BCUT2D eigenvalue weighted by molar-refractivity contribution is -0.384. The summed E-state index contributed by atoms with van der Waals surface area (Å²) in [5.41, 5.74) is 3.84. The van der Waals surface area contributed by atoms with E-state index in [-0.39, 0.29) is 39.8 Å². The zero-order chi connectivity index (χ0) is 51.2. The molecule has 12 rings (SSSR count). The maximum Gasteiger partial charge on any atom is 0.293 e. The van der Waals surface area contributed by atoms with E-state index in [0.717, 1.165) is 75.3 Å². The highest BCUT2D eigenvalue weighted by molar-refractivity contribution is 7.90. The predicted octanol–water partition coefficient (Wildman–Crippen LogP) is 7.87. The number of H-pyrrole nitrogens is 1. The molecule has 5 aliphatic heterocycles. The molecule has 2 aliphatic carbocycles. The molecule has 18 nitrogen and oxygen atoms in total. The van der Waals surface area contributed by atoms with Gasteiger partial charge in [0.2, 0.25) is 5.88 Å². The van der Waals surface area contributed by atoms with Crippen LogP contribution in [0.4, 0.5) is 28.4 Å². The lowest BCUT2D eigenvalue weighted by Crippen LogP contribution is -2.67. The van der Waals surface area contributed by atoms with Crippen LogP contribution in [0.15, 0.2) is 83.9 Å². The Morgan fingerprint density at radius 1 is 0.905 bits per heavy atom. The molecule has 5 fully saturated rings. The van der Waals surface area contributed by atoms with E-state index < -0.39 is 43.1 Å². The lowest BCUT2D eigenvalue weighted by Gasteiger charge is -2.62. The van der Waals surface area contributed by atoms with Crippen LogP contribution in [0.1, 0.15) is 100 Å². The average molecular weight is 1030 g/mol. The summed E-state index contributed by atoms with van der Waals surface area (Å²) < 4.78 is 56.0. The number of carbonyl (C=O) groups is 1. The van der Waals surface area contributed by atoms with Gasteiger partial charge >= 0.3 is 0 Å². The van der Waals surface area contributed by atoms with Crippen LogP contribution in [0.2, 0.25) is 0 Å². The van der Waals surface area contributed by atoms with Gasteiger partial charge in [-0.05, 0) is 143 Å². The summed E-state index contributed by atoms with van der Waals surface area (Å²) in [5, 5.41) is 26.8. The van der Waals surface area contributed by atoms with Crippen LogP contribution in [0.5, 0.6) is 5.88 Å². The lowest BCUT2D eigenvalue weighted by atomic mass is 9.59. The van der Waals surface area contributed by atoms with Crippen molar-refractivity contribution < 1.29 is 42.2 Å². The highest BCUT2D eigenvalue weighted by Crippen LogP contribution is 2.56. The van der Waals surface area contributed by atoms with E-state index in [4.69, 9.17) is 23.9 Å². The Morgan fingerprint density at radius 2 is 1.69 bits per heavy atom. The van der Waals surface area contributed by atoms with E-state index in [2.05, 4.69) is 67.8 Å². The molecule has 0 bridgehead atoms. The standard InChI is InChI=1S/C55H66N8O10S/c1-52(2)41-6-4-5-7-42(41)55(34-72-52)33-71-25-23-61(55)38-29-54(30-38)18-21-60(22-19-54)37-8-10-40(45(27-37)62-44-15-24-70-32-48(44)73-51-47(62)26-36-14-20-56-49(36)58-51)50(64)59-74(68,69)39-9-11-43(46(28-39)63(66)67)57-31-35-12-16-53(3,65)17-13-35/h4-11,14,20,26-28,35,38,44,48,57,65H,12-13,15-19,21-25,29-34H2,1-3H3,(H,56,58)(H,59,64)/t35-,44-,48-,53-,55+/m0/s1. The van der Waals surface area contributed by atoms with Crippen molar-refractivity contribution in [1.29, 1.82) is 0 Å². The second-order valence-electron chi connectivity index (χ2n) is 22.8. The number of hydrogen-bond acceptors (Lipinski definition) is 15. The molecule has 4 N–H and O–H groups in total. The fourth-order valence-corrected chi connectivity index (χ4v) is 14.3. The SMILES string of the molecule is CC1(C)OC[C@]2(COCCN2C2CC3(CCN(c4ccc(C(=O)NS(=O)(=O)c5ccc(NC[C@H]6CC[C@](C)(O)CC6)c([N+](=O)[O-])c5)c(N5c6cc7cc[nH]c7nc6O[C@H]6COCC[C@@H]65)c4)CC3)C2)c2ccccc21. The molecule has 2 aromatic heterocycles. The predicted molar refractivity (Wildman–Crippen MR) is 279 cm³/mol.